The number of hydrogen-bond acceptors (Lipinski definition) is 6. The highest BCUT2D eigenvalue weighted by Crippen LogP contribution is 2.31. The third kappa shape index (κ3) is 4.38. The Morgan fingerprint density at radius 1 is 1.06 bits per heavy atom. The van der Waals surface area contributed by atoms with E-state index in [0.29, 0.717) is 39.1 Å². The molecule has 8 nitrogen and oxygen atoms in total. The van der Waals surface area contributed by atoms with Gasteiger partial charge in [-0.2, -0.15) is 0 Å². The van der Waals surface area contributed by atoms with Crippen molar-refractivity contribution in [2.75, 3.05) is 25.3 Å². The molecule has 0 bridgehead atoms. The summed E-state index contributed by atoms with van der Waals surface area (Å²) >= 11 is 1.10. The number of thioether (sulfide) groups is 1. The van der Waals surface area contributed by atoms with E-state index in [-0.39, 0.29) is 17.2 Å². The van der Waals surface area contributed by atoms with Gasteiger partial charge in [-0.15, -0.1) is 0 Å². The molecule has 2 aromatic heterocycles. The lowest BCUT2D eigenvalue weighted by atomic mass is 10.2. The van der Waals surface area contributed by atoms with Crippen molar-refractivity contribution in [2.45, 2.75) is 5.16 Å². The maximum absolute atomic E-state index is 13.7. The number of nitrogens with one attached hydrogen (secondary N) is 2. The van der Waals surface area contributed by atoms with Crippen molar-refractivity contribution in [2.24, 2.45) is 0 Å². The fraction of sp³-hybridized carbons (Fsp3) is 0.115. The van der Waals surface area contributed by atoms with E-state index in [2.05, 4.69) is 10.3 Å². The minimum atomic E-state index is -0.450. The van der Waals surface area contributed by atoms with E-state index in [9.17, 15) is 14.0 Å². The number of amides is 1. The maximum Gasteiger partial charge on any atom is 0.283 e. The molecule has 5 aromatic rings. The van der Waals surface area contributed by atoms with Crippen molar-refractivity contribution in [1.29, 1.82) is 0 Å². The highest BCUT2D eigenvalue weighted by molar-refractivity contribution is 7.99. The smallest absolute Gasteiger partial charge is 0.283 e. The summed E-state index contributed by atoms with van der Waals surface area (Å²) < 4.78 is 25.7. The van der Waals surface area contributed by atoms with Gasteiger partial charge >= 0.3 is 0 Å². The van der Waals surface area contributed by atoms with Gasteiger partial charge in [-0.1, -0.05) is 36.0 Å². The lowest BCUT2D eigenvalue weighted by molar-refractivity contribution is -0.113. The number of hydrogen-bond donors (Lipinski definition) is 2. The largest absolute Gasteiger partial charge is 0.493 e. The second-order valence-corrected chi connectivity index (χ2v) is 8.76. The molecule has 0 aliphatic carbocycles. The fourth-order valence-electron chi connectivity index (χ4n) is 3.92. The number of ether oxygens (including phenoxy) is 2. The van der Waals surface area contributed by atoms with Crippen molar-refractivity contribution in [1.82, 2.24) is 14.5 Å². The molecule has 0 saturated carbocycles. The van der Waals surface area contributed by atoms with Crippen LogP contribution in [0, 0.1) is 5.82 Å². The molecule has 10 heteroatoms. The number of carbonyl (C=O) groups excluding carboxylic acids is 1. The number of para-hydroxylation sites is 1. The summed E-state index contributed by atoms with van der Waals surface area (Å²) in [7, 11) is 3.04. The van der Waals surface area contributed by atoms with Crippen LogP contribution in [0.25, 0.3) is 27.6 Å². The lowest BCUT2D eigenvalue weighted by Gasteiger charge is -2.14. The molecule has 0 radical (unpaired) electrons. The van der Waals surface area contributed by atoms with Crippen LogP contribution in [0.5, 0.6) is 11.5 Å². The van der Waals surface area contributed by atoms with Gasteiger partial charge in [0.15, 0.2) is 16.7 Å². The molecule has 0 fully saturated rings. The Morgan fingerprint density at radius 3 is 2.64 bits per heavy atom. The minimum Gasteiger partial charge on any atom is -0.493 e. The molecule has 0 saturated heterocycles. The highest BCUT2D eigenvalue weighted by Gasteiger charge is 2.19. The molecule has 2 heterocycles. The summed E-state index contributed by atoms with van der Waals surface area (Å²) in [6.45, 7) is 0. The summed E-state index contributed by atoms with van der Waals surface area (Å²) in [5.41, 5.74) is 2.16. The van der Waals surface area contributed by atoms with Crippen LogP contribution in [0.1, 0.15) is 0 Å². The first-order valence-electron chi connectivity index (χ1n) is 10.9. The van der Waals surface area contributed by atoms with E-state index >= 15 is 0 Å². The van der Waals surface area contributed by atoms with E-state index in [4.69, 9.17) is 14.5 Å². The number of nitrogens with zero attached hydrogens (tertiary/aromatic N) is 2. The number of aromatic nitrogens is 3. The minimum absolute atomic E-state index is 0.0515. The van der Waals surface area contributed by atoms with E-state index in [1.54, 1.807) is 24.3 Å². The van der Waals surface area contributed by atoms with Gasteiger partial charge in [0.2, 0.25) is 5.91 Å². The zero-order chi connectivity index (χ0) is 25.2. The quantitative estimate of drug-likeness (QED) is 0.245. The summed E-state index contributed by atoms with van der Waals surface area (Å²) in [4.78, 5) is 34.3. The number of methoxy groups -OCH3 is 2. The number of carbonyl (C=O) groups is 1. The number of anilines is 1. The number of rotatable bonds is 7. The van der Waals surface area contributed by atoms with E-state index in [0.717, 1.165) is 22.7 Å². The molecule has 0 spiro atoms. The molecular formula is C26H21FN4O4S. The Kier molecular flexibility index (Phi) is 6.34. The molecule has 0 atom stereocenters. The van der Waals surface area contributed by atoms with Crippen LogP contribution < -0.4 is 20.3 Å². The van der Waals surface area contributed by atoms with Crippen molar-refractivity contribution >= 4 is 45.3 Å². The molecule has 182 valence electrons. The first kappa shape index (κ1) is 23.4. The summed E-state index contributed by atoms with van der Waals surface area (Å²) in [6.07, 6.45) is 0. The van der Waals surface area contributed by atoms with Crippen molar-refractivity contribution < 1.29 is 18.7 Å². The van der Waals surface area contributed by atoms with E-state index in [1.807, 2.05) is 24.3 Å². The number of halogens is 1. The van der Waals surface area contributed by atoms with Gasteiger partial charge < -0.3 is 19.8 Å². The molecule has 36 heavy (non-hydrogen) atoms. The first-order chi connectivity index (χ1) is 17.5. The van der Waals surface area contributed by atoms with E-state index < -0.39 is 5.82 Å². The zero-order valence-corrected chi connectivity index (χ0v) is 20.2. The van der Waals surface area contributed by atoms with Crippen molar-refractivity contribution in [3.8, 4) is 17.2 Å². The molecule has 0 unspecified atom stereocenters. The van der Waals surface area contributed by atoms with Gasteiger partial charge in [0.25, 0.3) is 5.56 Å². The normalized spacial score (nSPS) is 11.1. The maximum atomic E-state index is 13.7. The van der Waals surface area contributed by atoms with Gasteiger partial charge in [-0.3, -0.25) is 14.2 Å². The fourth-order valence-corrected chi connectivity index (χ4v) is 4.73. The van der Waals surface area contributed by atoms with Crippen LogP contribution in [0.3, 0.4) is 0 Å². The average Bonchev–Trinajstić information content (AvgIpc) is 3.26. The topological polar surface area (TPSA) is 98.2 Å². The second-order valence-electron chi connectivity index (χ2n) is 7.82. The third-order valence-electron chi connectivity index (χ3n) is 5.56. The highest BCUT2D eigenvalue weighted by atomic mass is 32.2. The Bertz CT molecular complexity index is 1660. The number of H-pyrrole nitrogens is 1. The van der Waals surface area contributed by atoms with Crippen LogP contribution in [0.15, 0.2) is 76.7 Å². The van der Waals surface area contributed by atoms with Gasteiger partial charge in [0, 0.05) is 22.7 Å². The third-order valence-corrected chi connectivity index (χ3v) is 6.50. The molecular weight excluding hydrogens is 483 g/mol. The average molecular weight is 505 g/mol. The summed E-state index contributed by atoms with van der Waals surface area (Å²) in [5.74, 6) is 0.0902. The van der Waals surface area contributed by atoms with Crippen LogP contribution in [-0.4, -0.2) is 40.4 Å². The Hall–Kier alpha value is -4.31. The van der Waals surface area contributed by atoms with Crippen molar-refractivity contribution in [3.63, 3.8) is 0 Å². The summed E-state index contributed by atoms with van der Waals surface area (Å²) in [5, 5.41) is 3.78. The van der Waals surface area contributed by atoms with Gasteiger partial charge in [0.05, 0.1) is 25.7 Å². The SMILES string of the molecule is COc1ccc(-n2c(SCC(=O)Nc3cccc(F)c3)nc3c([nH]c4ccccc43)c2=O)cc1OC. The predicted octanol–water partition coefficient (Wildman–Crippen LogP) is 4.75. The van der Waals surface area contributed by atoms with Gasteiger partial charge in [-0.05, 0) is 36.4 Å². The molecule has 5 rings (SSSR count). The Balaban J connectivity index is 1.59. The second kappa shape index (κ2) is 9.74. The lowest BCUT2D eigenvalue weighted by Crippen LogP contribution is -2.23. The monoisotopic (exact) mass is 504 g/mol. The van der Waals surface area contributed by atoms with E-state index in [1.165, 1.54) is 37.0 Å². The van der Waals surface area contributed by atoms with Gasteiger partial charge in [-0.25, -0.2) is 9.37 Å². The summed E-state index contributed by atoms with van der Waals surface area (Å²) in [6, 6.07) is 18.2. The van der Waals surface area contributed by atoms with Gasteiger partial charge in [0.1, 0.15) is 16.9 Å². The first-order valence-corrected chi connectivity index (χ1v) is 11.9. The zero-order valence-electron chi connectivity index (χ0n) is 19.4. The van der Waals surface area contributed by atoms with Crippen molar-refractivity contribution in [3.05, 3.63) is 82.9 Å². The Morgan fingerprint density at radius 2 is 1.86 bits per heavy atom. The van der Waals surface area contributed by atoms with Crippen LogP contribution in [0.4, 0.5) is 10.1 Å². The Labute approximate surface area is 209 Å². The van der Waals surface area contributed by atoms with Crippen LogP contribution in [0.2, 0.25) is 0 Å². The predicted molar refractivity (Wildman–Crippen MR) is 138 cm³/mol. The van der Waals surface area contributed by atoms with Crippen LogP contribution in [-0.2, 0) is 4.79 Å². The molecule has 3 aromatic carbocycles. The number of fused-ring (bicyclic) bond motifs is 3. The molecule has 2 N–H and O–H groups in total. The number of aromatic amines is 1. The molecule has 1 amide bonds. The molecule has 0 aliphatic heterocycles. The van der Waals surface area contributed by atoms with Crippen LogP contribution >= 0.6 is 11.8 Å². The number of benzene rings is 3. The standard InChI is InChI=1S/C26H21FN4O4S/c1-34-20-11-10-17(13-21(20)35-2)31-25(33)24-23(18-8-3-4-9-19(18)29-24)30-26(31)36-14-22(32)28-16-7-5-6-15(27)12-16/h3-13,29H,14H2,1-2H3,(H,28,32). The molecule has 0 aliphatic rings.